The molecule has 2 aliphatic carbocycles. The summed E-state index contributed by atoms with van der Waals surface area (Å²) in [4.78, 5) is 16.1. The average Bonchev–Trinajstić information content (AvgIpc) is 3.19. The van der Waals surface area contributed by atoms with Gasteiger partial charge >= 0.3 is 4.87 Å². The molecule has 0 unspecified atom stereocenters. The van der Waals surface area contributed by atoms with Crippen LogP contribution in [0.15, 0.2) is 32.6 Å². The average molecular weight is 305 g/mol. The molecule has 2 aromatic heterocycles. The number of fused-ring (bicyclic) bond motifs is 6. The molecule has 2 fully saturated rings. The minimum absolute atomic E-state index is 0.0753. The van der Waals surface area contributed by atoms with E-state index in [2.05, 4.69) is 11.1 Å². The molecule has 1 N–H and O–H groups in total. The Morgan fingerprint density at radius 2 is 2.20 bits per heavy atom. The van der Waals surface area contributed by atoms with Gasteiger partial charge in [0.05, 0.1) is 22.1 Å². The first kappa shape index (κ1) is 11.7. The Balaban J connectivity index is 1.71. The van der Waals surface area contributed by atoms with Crippen LogP contribution in [0.5, 0.6) is 0 Å². The van der Waals surface area contributed by atoms with Gasteiger partial charge in [-0.15, -0.1) is 11.8 Å². The second kappa shape index (κ2) is 4.04. The van der Waals surface area contributed by atoms with Crippen LogP contribution in [-0.2, 0) is 0 Å². The first-order chi connectivity index (χ1) is 9.81. The zero-order chi connectivity index (χ0) is 13.3. The molecule has 104 valence electrons. The Hall–Kier alpha value is -0.940. The van der Waals surface area contributed by atoms with E-state index in [4.69, 9.17) is 4.42 Å². The maximum absolute atomic E-state index is 11.8. The number of aromatic nitrogens is 1. The summed E-state index contributed by atoms with van der Waals surface area (Å²) >= 11 is 3.31. The molecule has 3 heterocycles. The van der Waals surface area contributed by atoms with E-state index in [-0.39, 0.29) is 4.87 Å². The third-order valence-corrected chi connectivity index (χ3v) is 7.94. The fraction of sp³-hybridized carbons (Fsp3) is 0.533. The lowest BCUT2D eigenvalue weighted by molar-refractivity contribution is 0.283. The summed E-state index contributed by atoms with van der Waals surface area (Å²) < 4.78 is 5.74. The Morgan fingerprint density at radius 1 is 1.30 bits per heavy atom. The first-order valence-electron chi connectivity index (χ1n) is 7.24. The van der Waals surface area contributed by atoms with Crippen molar-refractivity contribution in [2.45, 2.75) is 35.5 Å². The quantitative estimate of drug-likeness (QED) is 0.874. The van der Waals surface area contributed by atoms with Gasteiger partial charge in [-0.3, -0.25) is 4.79 Å². The van der Waals surface area contributed by atoms with Crippen molar-refractivity contribution in [1.82, 2.24) is 4.98 Å². The second-order valence-electron chi connectivity index (χ2n) is 6.19. The largest absolute Gasteiger partial charge is 0.469 e. The summed E-state index contributed by atoms with van der Waals surface area (Å²) in [6, 6.07) is 4.05. The zero-order valence-electron chi connectivity index (χ0n) is 10.9. The number of H-pyrrole nitrogens is 1. The molecule has 2 saturated carbocycles. The third-order valence-electron chi connectivity index (χ3n) is 5.32. The van der Waals surface area contributed by atoms with Crippen LogP contribution in [0.25, 0.3) is 0 Å². The van der Waals surface area contributed by atoms with Gasteiger partial charge in [0, 0.05) is 5.25 Å². The molecule has 5 heteroatoms. The third kappa shape index (κ3) is 1.45. The molecule has 1 aliphatic heterocycles. The highest BCUT2D eigenvalue weighted by Crippen LogP contribution is 2.63. The molecule has 3 aliphatic rings. The molecule has 5 rings (SSSR count). The topological polar surface area (TPSA) is 46.0 Å². The zero-order valence-corrected chi connectivity index (χ0v) is 12.5. The SMILES string of the molecule is O=c1[nH]c2c(s1)[C@@H](c1ccco1)[C@@H]1[C@@H]3CC[C@H](C3)[C@H]1S2. The number of furan rings is 1. The van der Waals surface area contributed by atoms with Crippen LogP contribution >= 0.6 is 23.1 Å². The van der Waals surface area contributed by atoms with Gasteiger partial charge in [-0.25, -0.2) is 0 Å². The predicted molar refractivity (Wildman–Crippen MR) is 79.5 cm³/mol. The summed E-state index contributed by atoms with van der Waals surface area (Å²) in [5.41, 5.74) is 0. The monoisotopic (exact) mass is 305 g/mol. The van der Waals surface area contributed by atoms with Crippen LogP contribution < -0.4 is 4.87 Å². The van der Waals surface area contributed by atoms with E-state index in [0.717, 1.165) is 22.6 Å². The van der Waals surface area contributed by atoms with Gasteiger partial charge < -0.3 is 9.40 Å². The highest BCUT2D eigenvalue weighted by Gasteiger charge is 2.55. The van der Waals surface area contributed by atoms with Gasteiger partial charge in [0.15, 0.2) is 0 Å². The molecule has 2 bridgehead atoms. The van der Waals surface area contributed by atoms with Crippen LogP contribution in [-0.4, -0.2) is 10.2 Å². The van der Waals surface area contributed by atoms with Crippen LogP contribution in [0.1, 0.15) is 35.8 Å². The summed E-state index contributed by atoms with van der Waals surface area (Å²) in [6.07, 6.45) is 5.86. The van der Waals surface area contributed by atoms with Crippen molar-refractivity contribution in [1.29, 1.82) is 0 Å². The first-order valence-corrected chi connectivity index (χ1v) is 8.94. The molecule has 5 atom stereocenters. The van der Waals surface area contributed by atoms with Crippen LogP contribution in [0.4, 0.5) is 0 Å². The Morgan fingerprint density at radius 3 is 3.05 bits per heavy atom. The molecule has 0 aromatic carbocycles. The van der Waals surface area contributed by atoms with Crippen molar-refractivity contribution < 1.29 is 4.42 Å². The van der Waals surface area contributed by atoms with E-state index >= 15 is 0 Å². The van der Waals surface area contributed by atoms with Crippen molar-refractivity contribution in [3.05, 3.63) is 38.7 Å². The van der Waals surface area contributed by atoms with Gasteiger partial charge in [0.2, 0.25) is 0 Å². The van der Waals surface area contributed by atoms with E-state index < -0.39 is 0 Å². The van der Waals surface area contributed by atoms with Gasteiger partial charge in [-0.2, -0.15) is 0 Å². The minimum Gasteiger partial charge on any atom is -0.469 e. The van der Waals surface area contributed by atoms with Gasteiger partial charge in [-0.05, 0) is 49.1 Å². The van der Waals surface area contributed by atoms with Gasteiger partial charge in [0.1, 0.15) is 5.76 Å². The number of nitrogens with one attached hydrogen (secondary N) is 1. The number of aromatic amines is 1. The second-order valence-corrected chi connectivity index (χ2v) is 8.40. The van der Waals surface area contributed by atoms with Gasteiger partial charge in [0.25, 0.3) is 0 Å². The molecular weight excluding hydrogens is 290 g/mol. The number of hydrogen-bond acceptors (Lipinski definition) is 4. The lowest BCUT2D eigenvalue weighted by Crippen LogP contribution is -2.33. The fourth-order valence-corrected chi connectivity index (χ4v) is 7.51. The molecule has 0 radical (unpaired) electrons. The lowest BCUT2D eigenvalue weighted by atomic mass is 9.77. The molecule has 2 aromatic rings. The molecule has 0 saturated heterocycles. The Bertz CT molecular complexity index is 702. The summed E-state index contributed by atoms with van der Waals surface area (Å²) in [5.74, 6) is 3.65. The molecular formula is C15H15NO2S2. The van der Waals surface area contributed by atoms with E-state index in [1.807, 2.05) is 17.8 Å². The summed E-state index contributed by atoms with van der Waals surface area (Å²) in [6.45, 7) is 0. The predicted octanol–water partition coefficient (Wildman–Crippen LogP) is 3.68. The lowest BCUT2D eigenvalue weighted by Gasteiger charge is -2.38. The number of thiazole rings is 1. The smallest absolute Gasteiger partial charge is 0.305 e. The maximum Gasteiger partial charge on any atom is 0.305 e. The molecule has 3 nitrogen and oxygen atoms in total. The number of rotatable bonds is 1. The number of thioether (sulfide) groups is 1. The van der Waals surface area contributed by atoms with Crippen molar-refractivity contribution in [2.24, 2.45) is 17.8 Å². The standard InChI is InChI=1S/C15H15NO2S2/c17-15-16-14-13(20-15)11(9-2-1-5-18-9)10-7-3-4-8(6-7)12(10)19-14/h1-2,5,7-8,10-12H,3-4,6H2,(H,16,17)/t7-,8-,10+,11+,12-/m1/s1. The van der Waals surface area contributed by atoms with E-state index in [1.165, 1.54) is 35.5 Å². The van der Waals surface area contributed by atoms with Gasteiger partial charge in [-0.1, -0.05) is 11.3 Å². The van der Waals surface area contributed by atoms with Crippen molar-refractivity contribution >= 4 is 23.1 Å². The normalized spacial score (nSPS) is 37.9. The minimum atomic E-state index is 0.0753. The molecule has 0 amide bonds. The van der Waals surface area contributed by atoms with E-state index in [9.17, 15) is 4.79 Å². The van der Waals surface area contributed by atoms with Crippen LogP contribution in [0.3, 0.4) is 0 Å². The molecule has 20 heavy (non-hydrogen) atoms. The molecule has 0 spiro atoms. The van der Waals surface area contributed by atoms with E-state index in [1.54, 1.807) is 6.26 Å². The maximum atomic E-state index is 11.8. The van der Waals surface area contributed by atoms with Crippen molar-refractivity contribution in [2.75, 3.05) is 0 Å². The van der Waals surface area contributed by atoms with E-state index in [0.29, 0.717) is 17.1 Å². The van der Waals surface area contributed by atoms with Crippen molar-refractivity contribution in [3.8, 4) is 0 Å². The Labute approximate surface area is 124 Å². The highest BCUT2D eigenvalue weighted by atomic mass is 32.2. The Kier molecular flexibility index (Phi) is 2.36. The highest BCUT2D eigenvalue weighted by molar-refractivity contribution is 8.00. The number of hydrogen-bond donors (Lipinski definition) is 1. The van der Waals surface area contributed by atoms with Crippen molar-refractivity contribution in [3.63, 3.8) is 0 Å². The summed E-state index contributed by atoms with van der Waals surface area (Å²) in [7, 11) is 0. The fourth-order valence-electron chi connectivity index (χ4n) is 4.64. The van der Waals surface area contributed by atoms with Crippen LogP contribution in [0, 0.1) is 17.8 Å². The van der Waals surface area contributed by atoms with Crippen LogP contribution in [0.2, 0.25) is 0 Å². The summed E-state index contributed by atoms with van der Waals surface area (Å²) in [5, 5.41) is 1.77.